The van der Waals surface area contributed by atoms with Crippen molar-refractivity contribution in [2.75, 3.05) is 6.61 Å². The van der Waals surface area contributed by atoms with Crippen LogP contribution in [0.2, 0.25) is 0 Å². The summed E-state index contributed by atoms with van der Waals surface area (Å²) in [5, 5.41) is 23.5. The van der Waals surface area contributed by atoms with Crippen LogP contribution in [0.25, 0.3) is 0 Å². The molecule has 0 radical (unpaired) electrons. The van der Waals surface area contributed by atoms with Crippen molar-refractivity contribution in [2.45, 2.75) is 31.7 Å². The Bertz CT molecular complexity index is 525. The van der Waals surface area contributed by atoms with Crippen LogP contribution in [0.3, 0.4) is 0 Å². The first kappa shape index (κ1) is 14.5. The van der Waals surface area contributed by atoms with Gasteiger partial charge in [-0.15, -0.1) is 0 Å². The van der Waals surface area contributed by atoms with Crippen LogP contribution < -0.4 is 5.32 Å². The predicted octanol–water partition coefficient (Wildman–Crippen LogP) is 1.67. The zero-order chi connectivity index (χ0) is 14.5. The molecular weight excluding hydrogens is 263 g/mol. The van der Waals surface area contributed by atoms with E-state index in [4.69, 9.17) is 10.3 Å². The lowest BCUT2D eigenvalue weighted by molar-refractivity contribution is 0.0937. The zero-order valence-electron chi connectivity index (χ0n) is 11.0. The summed E-state index contributed by atoms with van der Waals surface area (Å²) in [4.78, 5) is 12.1. The highest BCUT2D eigenvalue weighted by Gasteiger charge is 2.19. The molecule has 0 spiro atoms. The number of carbonyl (C=O) groups excluding carboxylic acids is 1. The minimum Gasteiger partial charge on any atom is -0.411 e. The molecule has 0 heterocycles. The largest absolute Gasteiger partial charge is 0.411 e. The second kappa shape index (κ2) is 6.47. The number of rotatable bonds is 4. The summed E-state index contributed by atoms with van der Waals surface area (Å²) < 4.78 is 13.5. The molecule has 5 nitrogen and oxygen atoms in total. The summed E-state index contributed by atoms with van der Waals surface area (Å²) >= 11 is 0. The number of nitrogens with one attached hydrogen (secondary N) is 1. The molecule has 1 aromatic rings. The molecule has 1 aliphatic rings. The van der Waals surface area contributed by atoms with Gasteiger partial charge in [-0.3, -0.25) is 4.79 Å². The lowest BCUT2D eigenvalue weighted by Crippen LogP contribution is -2.32. The Labute approximate surface area is 116 Å². The predicted molar refractivity (Wildman–Crippen MR) is 71.5 cm³/mol. The van der Waals surface area contributed by atoms with Crippen LogP contribution in [0, 0.1) is 5.82 Å². The van der Waals surface area contributed by atoms with Crippen molar-refractivity contribution in [3.05, 3.63) is 35.1 Å². The van der Waals surface area contributed by atoms with Gasteiger partial charge in [0.2, 0.25) is 0 Å². The molecule has 0 aliphatic heterocycles. The fourth-order valence-electron chi connectivity index (χ4n) is 2.41. The van der Waals surface area contributed by atoms with E-state index in [1.807, 2.05) is 0 Å². The van der Waals surface area contributed by atoms with Crippen molar-refractivity contribution in [3.8, 4) is 0 Å². The third kappa shape index (κ3) is 3.33. The average Bonchev–Trinajstić information content (AvgIpc) is 2.92. The topological polar surface area (TPSA) is 81.9 Å². The molecule has 6 heteroatoms. The van der Waals surface area contributed by atoms with Crippen LogP contribution in [0.15, 0.2) is 23.4 Å². The number of hydrogen-bond acceptors (Lipinski definition) is 4. The number of benzene rings is 1. The number of hydrogen-bond donors (Lipinski definition) is 3. The quantitative estimate of drug-likeness (QED) is 0.446. The molecule has 3 N–H and O–H groups in total. The Morgan fingerprint density at radius 1 is 1.30 bits per heavy atom. The maximum absolute atomic E-state index is 13.5. The molecule has 2 rings (SSSR count). The molecule has 1 aliphatic carbocycles. The van der Waals surface area contributed by atoms with Crippen LogP contribution in [0.1, 0.15) is 41.6 Å². The van der Waals surface area contributed by atoms with Gasteiger partial charge in [-0.2, -0.15) is 0 Å². The summed E-state index contributed by atoms with van der Waals surface area (Å²) in [6, 6.07) is 3.77. The summed E-state index contributed by atoms with van der Waals surface area (Å²) in [7, 11) is 0. The minimum absolute atomic E-state index is 0.0839. The van der Waals surface area contributed by atoms with Gasteiger partial charge in [-0.1, -0.05) is 18.0 Å². The van der Waals surface area contributed by atoms with E-state index in [0.29, 0.717) is 0 Å². The number of carbonyl (C=O) groups is 1. The standard InChI is InChI=1S/C14H17FN2O3/c15-11-6-9(13(8-18)17-20)5-10(7-11)14(19)16-12-3-1-2-4-12/h5-7,12,18,20H,1-4,8H2,(H,16,19). The maximum Gasteiger partial charge on any atom is 0.251 e. The van der Waals surface area contributed by atoms with Gasteiger partial charge in [0.15, 0.2) is 0 Å². The normalized spacial score (nSPS) is 16.4. The van der Waals surface area contributed by atoms with Crippen LogP contribution in [0.5, 0.6) is 0 Å². The van der Waals surface area contributed by atoms with Gasteiger partial charge in [0.1, 0.15) is 11.5 Å². The van der Waals surface area contributed by atoms with E-state index >= 15 is 0 Å². The summed E-state index contributed by atoms with van der Waals surface area (Å²) in [6.45, 7) is -0.538. The number of amides is 1. The van der Waals surface area contributed by atoms with Gasteiger partial charge in [0.05, 0.1) is 6.61 Å². The molecule has 0 aromatic heterocycles. The third-order valence-corrected chi connectivity index (χ3v) is 3.45. The average molecular weight is 280 g/mol. The Hall–Kier alpha value is -1.95. The van der Waals surface area contributed by atoms with Crippen molar-refractivity contribution in [1.82, 2.24) is 5.32 Å². The third-order valence-electron chi connectivity index (χ3n) is 3.45. The first-order chi connectivity index (χ1) is 9.63. The Balaban J connectivity index is 2.20. The second-order valence-corrected chi connectivity index (χ2v) is 4.89. The van der Waals surface area contributed by atoms with E-state index in [1.54, 1.807) is 0 Å². The lowest BCUT2D eigenvalue weighted by atomic mass is 10.1. The van der Waals surface area contributed by atoms with E-state index < -0.39 is 12.4 Å². The molecular formula is C14H17FN2O3. The highest BCUT2D eigenvalue weighted by Crippen LogP contribution is 2.18. The number of aliphatic hydroxyl groups excluding tert-OH is 1. The summed E-state index contributed by atoms with van der Waals surface area (Å²) in [6.07, 6.45) is 4.05. The highest BCUT2D eigenvalue weighted by atomic mass is 19.1. The molecule has 1 fully saturated rings. The molecule has 1 saturated carbocycles. The van der Waals surface area contributed by atoms with E-state index in [9.17, 15) is 9.18 Å². The highest BCUT2D eigenvalue weighted by molar-refractivity contribution is 6.03. The van der Waals surface area contributed by atoms with E-state index in [0.717, 1.165) is 37.8 Å². The van der Waals surface area contributed by atoms with Crippen LogP contribution in [-0.4, -0.2) is 34.6 Å². The van der Waals surface area contributed by atoms with Crippen molar-refractivity contribution >= 4 is 11.6 Å². The molecule has 0 bridgehead atoms. The van der Waals surface area contributed by atoms with Crippen LogP contribution >= 0.6 is 0 Å². The van der Waals surface area contributed by atoms with Gasteiger partial charge in [-0.05, 0) is 31.0 Å². The van der Waals surface area contributed by atoms with Gasteiger partial charge in [-0.25, -0.2) is 4.39 Å². The minimum atomic E-state index is -0.617. The molecule has 0 saturated heterocycles. The smallest absolute Gasteiger partial charge is 0.251 e. The van der Waals surface area contributed by atoms with Crippen molar-refractivity contribution in [3.63, 3.8) is 0 Å². The van der Waals surface area contributed by atoms with Gasteiger partial charge < -0.3 is 15.6 Å². The van der Waals surface area contributed by atoms with Gasteiger partial charge in [0.25, 0.3) is 5.91 Å². The second-order valence-electron chi connectivity index (χ2n) is 4.89. The van der Waals surface area contributed by atoms with E-state index in [2.05, 4.69) is 10.5 Å². The monoisotopic (exact) mass is 280 g/mol. The molecule has 0 atom stereocenters. The van der Waals surface area contributed by atoms with E-state index in [-0.39, 0.29) is 28.8 Å². The molecule has 20 heavy (non-hydrogen) atoms. The zero-order valence-corrected chi connectivity index (χ0v) is 11.0. The Kier molecular flexibility index (Phi) is 4.68. The Morgan fingerprint density at radius 3 is 2.55 bits per heavy atom. The Morgan fingerprint density at radius 2 is 1.95 bits per heavy atom. The van der Waals surface area contributed by atoms with Gasteiger partial charge in [0, 0.05) is 17.2 Å². The fraction of sp³-hybridized carbons (Fsp3) is 0.429. The van der Waals surface area contributed by atoms with Crippen molar-refractivity contribution in [2.24, 2.45) is 5.16 Å². The maximum atomic E-state index is 13.5. The van der Waals surface area contributed by atoms with Gasteiger partial charge >= 0.3 is 0 Å². The first-order valence-corrected chi connectivity index (χ1v) is 6.57. The molecule has 1 amide bonds. The summed E-state index contributed by atoms with van der Waals surface area (Å²) in [5.74, 6) is -0.971. The number of nitrogens with zero attached hydrogens (tertiary/aromatic N) is 1. The molecule has 0 unspecified atom stereocenters. The van der Waals surface area contributed by atoms with Crippen molar-refractivity contribution in [1.29, 1.82) is 0 Å². The number of aliphatic hydroxyl groups is 1. The molecule has 108 valence electrons. The SMILES string of the molecule is O=C(NC1CCCC1)c1cc(F)cc(C(CO)=NO)c1. The van der Waals surface area contributed by atoms with Crippen molar-refractivity contribution < 1.29 is 19.5 Å². The fourth-order valence-corrected chi connectivity index (χ4v) is 2.41. The lowest BCUT2D eigenvalue weighted by Gasteiger charge is -2.12. The van der Waals surface area contributed by atoms with E-state index in [1.165, 1.54) is 6.07 Å². The van der Waals surface area contributed by atoms with Crippen LogP contribution in [-0.2, 0) is 0 Å². The summed E-state index contributed by atoms with van der Waals surface area (Å²) in [5.41, 5.74) is 0.257. The first-order valence-electron chi connectivity index (χ1n) is 6.57. The number of halogens is 1. The van der Waals surface area contributed by atoms with Crippen LogP contribution in [0.4, 0.5) is 4.39 Å². The molecule has 1 aromatic carbocycles. The number of oxime groups is 1.